The molecule has 1 aliphatic heterocycles. The second-order valence-electron chi connectivity index (χ2n) is 7.17. The van der Waals surface area contributed by atoms with Crippen molar-refractivity contribution in [3.05, 3.63) is 53.3 Å². The molecule has 2 heterocycles. The molecule has 6 heteroatoms. The van der Waals surface area contributed by atoms with Crippen LogP contribution in [0.3, 0.4) is 0 Å². The third-order valence-corrected chi connectivity index (χ3v) is 5.17. The van der Waals surface area contributed by atoms with Crippen molar-refractivity contribution >= 4 is 17.7 Å². The Morgan fingerprint density at radius 3 is 2.23 bits per heavy atom. The van der Waals surface area contributed by atoms with Gasteiger partial charge in [0.15, 0.2) is 5.78 Å². The number of para-hydroxylation sites is 1. The lowest BCUT2D eigenvalue weighted by Crippen LogP contribution is -2.42. The highest BCUT2D eigenvalue weighted by molar-refractivity contribution is 6.11. The Bertz CT molecular complexity index is 897. The minimum atomic E-state index is -0.932. The maximum absolute atomic E-state index is 12.8. The SMILES string of the molecule is Cc1cc(C(=O)CN2C(=O)N(C)C(C)(C)C2=O)c(C)n1-c1ccccc1. The Balaban J connectivity index is 1.91. The number of likely N-dealkylation sites (N-methyl/N-ethyl adjacent to an activating group) is 1. The molecule has 3 rings (SSSR count). The number of carbonyl (C=O) groups is 3. The number of imide groups is 1. The maximum atomic E-state index is 12.8. The molecule has 0 unspecified atom stereocenters. The number of Topliss-reactive ketones (excluding diaryl/α,β-unsaturated/α-hetero) is 1. The van der Waals surface area contributed by atoms with Crippen LogP contribution in [0.4, 0.5) is 4.79 Å². The first kappa shape index (κ1) is 17.9. The summed E-state index contributed by atoms with van der Waals surface area (Å²) in [5.74, 6) is -0.594. The van der Waals surface area contributed by atoms with Crippen LogP contribution >= 0.6 is 0 Å². The van der Waals surface area contributed by atoms with Gasteiger partial charge in [0.2, 0.25) is 0 Å². The molecule has 3 amide bonds. The third-order valence-electron chi connectivity index (χ3n) is 5.17. The highest BCUT2D eigenvalue weighted by atomic mass is 16.2. The topological polar surface area (TPSA) is 62.6 Å². The van der Waals surface area contributed by atoms with Crippen molar-refractivity contribution in [1.82, 2.24) is 14.4 Å². The van der Waals surface area contributed by atoms with Crippen molar-refractivity contribution in [2.75, 3.05) is 13.6 Å². The van der Waals surface area contributed by atoms with Gasteiger partial charge >= 0.3 is 6.03 Å². The van der Waals surface area contributed by atoms with Crippen LogP contribution in [0.1, 0.15) is 35.6 Å². The van der Waals surface area contributed by atoms with Crippen molar-refractivity contribution in [1.29, 1.82) is 0 Å². The normalized spacial score (nSPS) is 16.5. The van der Waals surface area contributed by atoms with Crippen LogP contribution in [0, 0.1) is 13.8 Å². The first-order valence-corrected chi connectivity index (χ1v) is 8.53. The molecule has 0 saturated carbocycles. The fourth-order valence-electron chi connectivity index (χ4n) is 3.37. The fourth-order valence-corrected chi connectivity index (χ4v) is 3.37. The number of aryl methyl sites for hydroxylation is 1. The molecule has 0 N–H and O–H groups in total. The number of amides is 3. The van der Waals surface area contributed by atoms with Crippen LogP contribution < -0.4 is 0 Å². The first-order valence-electron chi connectivity index (χ1n) is 8.53. The van der Waals surface area contributed by atoms with Crippen molar-refractivity contribution in [2.24, 2.45) is 0 Å². The summed E-state index contributed by atoms with van der Waals surface area (Å²) < 4.78 is 2.00. The number of ketones is 1. The molecular weight excluding hydrogens is 330 g/mol. The van der Waals surface area contributed by atoms with Crippen LogP contribution in [0.25, 0.3) is 5.69 Å². The summed E-state index contributed by atoms with van der Waals surface area (Å²) in [6, 6.07) is 11.1. The molecule has 1 aliphatic rings. The van der Waals surface area contributed by atoms with Gasteiger partial charge in [-0.05, 0) is 45.9 Å². The van der Waals surface area contributed by atoms with E-state index in [2.05, 4.69) is 0 Å². The fraction of sp³-hybridized carbons (Fsp3) is 0.350. The Morgan fingerprint density at radius 2 is 1.69 bits per heavy atom. The Morgan fingerprint density at radius 1 is 1.08 bits per heavy atom. The molecule has 2 aromatic rings. The van der Waals surface area contributed by atoms with Crippen LogP contribution in [0.2, 0.25) is 0 Å². The molecular formula is C20H23N3O3. The molecule has 0 radical (unpaired) electrons. The van der Waals surface area contributed by atoms with Gasteiger partial charge in [-0.15, -0.1) is 0 Å². The zero-order chi connectivity index (χ0) is 19.2. The molecule has 26 heavy (non-hydrogen) atoms. The van der Waals surface area contributed by atoms with Gasteiger partial charge in [-0.2, -0.15) is 0 Å². The van der Waals surface area contributed by atoms with Crippen molar-refractivity contribution in [3.63, 3.8) is 0 Å². The predicted octanol–water partition coefficient (Wildman–Crippen LogP) is 2.95. The van der Waals surface area contributed by atoms with E-state index in [1.165, 1.54) is 4.90 Å². The van der Waals surface area contributed by atoms with Gasteiger partial charge in [0.25, 0.3) is 5.91 Å². The maximum Gasteiger partial charge on any atom is 0.327 e. The number of hydrogen-bond donors (Lipinski definition) is 0. The minimum Gasteiger partial charge on any atom is -0.318 e. The van der Waals surface area contributed by atoms with E-state index in [0.29, 0.717) is 5.56 Å². The second kappa shape index (κ2) is 6.12. The molecule has 0 atom stereocenters. The summed E-state index contributed by atoms with van der Waals surface area (Å²) in [4.78, 5) is 40.1. The number of carbonyl (C=O) groups excluding carboxylic acids is 3. The molecule has 1 fully saturated rings. The lowest BCUT2D eigenvalue weighted by atomic mass is 10.0. The second-order valence-corrected chi connectivity index (χ2v) is 7.17. The van der Waals surface area contributed by atoms with Gasteiger partial charge in [0, 0.05) is 29.7 Å². The standard InChI is InChI=1S/C20H23N3O3/c1-13-11-16(14(2)23(13)15-9-7-6-8-10-15)17(24)12-22-18(25)20(3,4)21(5)19(22)26/h6-11H,12H2,1-5H3. The summed E-state index contributed by atoms with van der Waals surface area (Å²) in [7, 11) is 1.58. The quantitative estimate of drug-likeness (QED) is 0.627. The summed E-state index contributed by atoms with van der Waals surface area (Å²) in [5, 5.41) is 0. The lowest BCUT2D eigenvalue weighted by Gasteiger charge is -2.22. The largest absolute Gasteiger partial charge is 0.327 e. The van der Waals surface area contributed by atoms with Crippen LogP contribution in [-0.2, 0) is 4.79 Å². The average Bonchev–Trinajstić information content (AvgIpc) is 2.98. The monoisotopic (exact) mass is 353 g/mol. The Kier molecular flexibility index (Phi) is 4.22. The molecule has 6 nitrogen and oxygen atoms in total. The Labute approximate surface area is 153 Å². The smallest absolute Gasteiger partial charge is 0.318 e. The minimum absolute atomic E-state index is 0.243. The number of hydrogen-bond acceptors (Lipinski definition) is 3. The zero-order valence-electron chi connectivity index (χ0n) is 15.7. The van der Waals surface area contributed by atoms with Gasteiger partial charge in [-0.25, -0.2) is 4.79 Å². The summed E-state index contributed by atoms with van der Waals surface area (Å²) >= 11 is 0. The number of nitrogens with zero attached hydrogens (tertiary/aromatic N) is 3. The summed E-state index contributed by atoms with van der Waals surface area (Å²) in [6.07, 6.45) is 0. The average molecular weight is 353 g/mol. The van der Waals surface area contributed by atoms with E-state index in [0.717, 1.165) is 22.0 Å². The van der Waals surface area contributed by atoms with Crippen LogP contribution in [-0.4, -0.2) is 51.2 Å². The number of aromatic nitrogens is 1. The van der Waals surface area contributed by atoms with Crippen molar-refractivity contribution in [3.8, 4) is 5.69 Å². The molecule has 0 aliphatic carbocycles. The molecule has 1 aromatic carbocycles. The van der Waals surface area contributed by atoms with Crippen molar-refractivity contribution < 1.29 is 14.4 Å². The van der Waals surface area contributed by atoms with Crippen molar-refractivity contribution in [2.45, 2.75) is 33.2 Å². The van der Waals surface area contributed by atoms with E-state index in [1.807, 2.05) is 54.8 Å². The third kappa shape index (κ3) is 2.62. The molecule has 0 bridgehead atoms. The summed E-state index contributed by atoms with van der Waals surface area (Å²) in [6.45, 7) is 6.92. The summed E-state index contributed by atoms with van der Waals surface area (Å²) in [5.41, 5.74) is 2.28. The highest BCUT2D eigenvalue weighted by Gasteiger charge is 2.49. The van der Waals surface area contributed by atoms with E-state index in [-0.39, 0.29) is 18.2 Å². The van der Waals surface area contributed by atoms with Gasteiger partial charge in [-0.3, -0.25) is 14.5 Å². The van der Waals surface area contributed by atoms with E-state index in [4.69, 9.17) is 0 Å². The van der Waals surface area contributed by atoms with Crippen LogP contribution in [0.15, 0.2) is 36.4 Å². The van der Waals surface area contributed by atoms with Gasteiger partial charge in [0.05, 0.1) is 6.54 Å². The lowest BCUT2D eigenvalue weighted by molar-refractivity contribution is -0.131. The first-order chi connectivity index (χ1) is 12.2. The number of rotatable bonds is 4. The van der Waals surface area contributed by atoms with Gasteiger partial charge < -0.3 is 9.47 Å². The number of urea groups is 1. The molecule has 1 aromatic heterocycles. The van der Waals surface area contributed by atoms with Crippen LogP contribution in [0.5, 0.6) is 0 Å². The van der Waals surface area contributed by atoms with E-state index in [1.54, 1.807) is 20.9 Å². The predicted molar refractivity (Wildman–Crippen MR) is 98.5 cm³/mol. The molecule has 1 saturated heterocycles. The van der Waals surface area contributed by atoms with E-state index >= 15 is 0 Å². The van der Waals surface area contributed by atoms with E-state index < -0.39 is 11.6 Å². The van der Waals surface area contributed by atoms with Gasteiger partial charge in [-0.1, -0.05) is 18.2 Å². The number of benzene rings is 1. The highest BCUT2D eigenvalue weighted by Crippen LogP contribution is 2.27. The van der Waals surface area contributed by atoms with E-state index in [9.17, 15) is 14.4 Å². The Hall–Kier alpha value is -2.89. The zero-order valence-corrected chi connectivity index (χ0v) is 15.7. The molecule has 136 valence electrons. The van der Waals surface area contributed by atoms with Gasteiger partial charge in [0.1, 0.15) is 5.54 Å². The molecule has 0 spiro atoms.